The van der Waals surface area contributed by atoms with Gasteiger partial charge in [-0.2, -0.15) is 0 Å². The zero-order chi connectivity index (χ0) is 35.0. The van der Waals surface area contributed by atoms with Crippen LogP contribution in [-0.4, -0.2) is 14.5 Å². The molecule has 0 bridgehead atoms. The molecule has 0 aliphatic heterocycles. The van der Waals surface area contributed by atoms with Crippen LogP contribution >= 0.6 is 11.3 Å². The van der Waals surface area contributed by atoms with Gasteiger partial charge in [-0.1, -0.05) is 0 Å². The van der Waals surface area contributed by atoms with Crippen LogP contribution in [0.4, 0.5) is 0 Å². The van der Waals surface area contributed by atoms with E-state index in [4.69, 9.17) is 0 Å². The van der Waals surface area contributed by atoms with Crippen LogP contribution in [0.1, 0.15) is 4.88 Å². The van der Waals surface area contributed by atoms with Crippen LogP contribution in [-0.2, 0) is 0 Å². The van der Waals surface area contributed by atoms with Gasteiger partial charge in [-0.25, -0.2) is 0 Å². The summed E-state index contributed by atoms with van der Waals surface area (Å²) in [5, 5.41) is 13.2. The Morgan fingerprint density at radius 2 is 0.774 bits per heavy atom. The summed E-state index contributed by atoms with van der Waals surface area (Å²) >= 11 is 2.11. The molecule has 11 rings (SSSR count). The van der Waals surface area contributed by atoms with E-state index >= 15 is 0 Å². The fourth-order valence-electron chi connectivity index (χ4n) is 8.72. The average molecular weight is 756 g/mol. The van der Waals surface area contributed by atoms with E-state index < -0.39 is 0 Å². The Balaban J connectivity index is 1.13. The molecule has 248 valence electrons. The minimum atomic E-state index is 0.223. The molecule has 0 aliphatic rings. The third kappa shape index (κ3) is 4.80. The van der Waals surface area contributed by atoms with Crippen LogP contribution in [0, 0.1) is 6.92 Å². The van der Waals surface area contributed by atoms with Crippen molar-refractivity contribution in [3.05, 3.63) is 181 Å². The maximum absolute atomic E-state index is 2.50. The Hall–Kier alpha value is -5.76. The number of thiophene rings is 1. The van der Waals surface area contributed by atoms with Crippen LogP contribution in [0.25, 0.3) is 106 Å². The summed E-state index contributed by atoms with van der Waals surface area (Å²) in [5.41, 5.74) is 9.13. The molecule has 2 heteroatoms. The van der Waals surface area contributed by atoms with Crippen molar-refractivity contribution in [1.29, 1.82) is 0 Å². The number of benzene rings is 9. The van der Waals surface area contributed by atoms with E-state index in [1.165, 1.54) is 111 Å². The Labute approximate surface area is 318 Å². The molecule has 0 fully saturated rings. The monoisotopic (exact) mass is 756 g/mol. The van der Waals surface area contributed by atoms with Crippen molar-refractivity contribution in [3.8, 4) is 43.8 Å². The Bertz CT molecular complexity index is 3120. The average Bonchev–Trinajstić information content (AvgIpc) is 3.81. The molecule has 9 aromatic carbocycles. The minimum absolute atomic E-state index is 0.223. The van der Waals surface area contributed by atoms with E-state index in [0.717, 1.165) is 0 Å². The fourth-order valence-corrected chi connectivity index (χ4v) is 12.0. The predicted octanol–water partition coefficient (Wildman–Crippen LogP) is 14.7. The van der Waals surface area contributed by atoms with Gasteiger partial charge in [0.25, 0.3) is 0 Å². The third-order valence-corrected chi connectivity index (χ3v) is 14.4. The van der Waals surface area contributed by atoms with Crippen molar-refractivity contribution >= 4 is 88.2 Å². The molecule has 0 nitrogen and oxygen atoms in total. The number of aryl methyl sites for hydroxylation is 1. The molecule has 0 radical (unpaired) electrons. The summed E-state index contributed by atoms with van der Waals surface area (Å²) in [6.07, 6.45) is 0. The first-order valence-electron chi connectivity index (χ1n) is 18.2. The second kappa shape index (κ2) is 12.2. The molecule has 2 aromatic heterocycles. The molecule has 0 unspecified atom stereocenters. The summed E-state index contributed by atoms with van der Waals surface area (Å²) < 4.78 is 2.92. The standard InChI is InChI=1S/C51H32SSe/c1-31-23-27-45(52-31)51-42-21-11-9-19-40(42)50(41-20-10-12-22-43(41)51)34-24-26-35-44-29-33(25-28-46(44)53-47(35)30-34)49-38-17-7-5-15-36(38)48(32-13-3-2-4-14-32)37-16-6-8-18-39(37)49/h2-30H,1H3. The molecule has 0 saturated carbocycles. The summed E-state index contributed by atoms with van der Waals surface area (Å²) in [5.74, 6) is 0. The normalized spacial score (nSPS) is 11.9. The zero-order valence-electron chi connectivity index (χ0n) is 29.1. The van der Waals surface area contributed by atoms with E-state index in [-0.39, 0.29) is 14.5 Å². The molecular weight excluding hydrogens is 724 g/mol. The van der Waals surface area contributed by atoms with E-state index in [2.05, 4.69) is 183 Å². The Morgan fingerprint density at radius 1 is 0.321 bits per heavy atom. The molecule has 2 heterocycles. The van der Waals surface area contributed by atoms with Gasteiger partial charge in [0, 0.05) is 0 Å². The molecule has 0 aliphatic carbocycles. The molecule has 0 saturated heterocycles. The summed E-state index contributed by atoms with van der Waals surface area (Å²) in [4.78, 5) is 2.67. The molecule has 0 amide bonds. The molecule has 0 N–H and O–H groups in total. The van der Waals surface area contributed by atoms with E-state index in [0.29, 0.717) is 0 Å². The van der Waals surface area contributed by atoms with Crippen molar-refractivity contribution in [2.45, 2.75) is 6.92 Å². The molecule has 0 atom stereocenters. The Kier molecular flexibility index (Phi) is 7.07. The van der Waals surface area contributed by atoms with Crippen LogP contribution in [0.5, 0.6) is 0 Å². The van der Waals surface area contributed by atoms with Gasteiger partial charge >= 0.3 is 320 Å². The van der Waals surface area contributed by atoms with Gasteiger partial charge in [0.05, 0.1) is 0 Å². The molecule has 0 spiro atoms. The van der Waals surface area contributed by atoms with Gasteiger partial charge < -0.3 is 0 Å². The van der Waals surface area contributed by atoms with Crippen molar-refractivity contribution < 1.29 is 0 Å². The van der Waals surface area contributed by atoms with E-state index in [1.807, 2.05) is 11.3 Å². The predicted molar refractivity (Wildman–Crippen MR) is 233 cm³/mol. The first-order chi connectivity index (χ1) is 26.2. The first kappa shape index (κ1) is 30.8. The van der Waals surface area contributed by atoms with Crippen LogP contribution in [0.3, 0.4) is 0 Å². The summed E-state index contributed by atoms with van der Waals surface area (Å²) in [6, 6.07) is 65.9. The van der Waals surface area contributed by atoms with Crippen molar-refractivity contribution in [2.75, 3.05) is 0 Å². The SMILES string of the molecule is Cc1ccc(-c2c3ccccc3c(-c3ccc4c(c3)[se]c3ccc(-c5c6ccccc6c(-c6ccccc6)c6ccccc56)cc34)c3ccccc23)s1. The van der Waals surface area contributed by atoms with Gasteiger partial charge in [-0.15, -0.1) is 0 Å². The topological polar surface area (TPSA) is 0 Å². The van der Waals surface area contributed by atoms with Crippen LogP contribution in [0.15, 0.2) is 176 Å². The van der Waals surface area contributed by atoms with Gasteiger partial charge in [0.1, 0.15) is 0 Å². The first-order valence-corrected chi connectivity index (χ1v) is 20.7. The summed E-state index contributed by atoms with van der Waals surface area (Å²) in [7, 11) is 0. The fraction of sp³-hybridized carbons (Fsp3) is 0.0196. The maximum atomic E-state index is 2.50. The second-order valence-corrected chi connectivity index (χ2v) is 17.5. The number of rotatable bonds is 4. The van der Waals surface area contributed by atoms with Gasteiger partial charge in [-0.05, 0) is 0 Å². The van der Waals surface area contributed by atoms with Gasteiger partial charge in [0.15, 0.2) is 0 Å². The van der Waals surface area contributed by atoms with Gasteiger partial charge in [0.2, 0.25) is 0 Å². The molecule has 11 aromatic rings. The van der Waals surface area contributed by atoms with Crippen LogP contribution in [0.2, 0.25) is 0 Å². The van der Waals surface area contributed by atoms with Crippen molar-refractivity contribution in [2.24, 2.45) is 0 Å². The van der Waals surface area contributed by atoms with E-state index in [9.17, 15) is 0 Å². The molecular formula is C51H32SSe. The van der Waals surface area contributed by atoms with Crippen molar-refractivity contribution in [1.82, 2.24) is 0 Å². The second-order valence-electron chi connectivity index (χ2n) is 14.0. The zero-order valence-corrected chi connectivity index (χ0v) is 31.6. The van der Waals surface area contributed by atoms with Crippen LogP contribution < -0.4 is 0 Å². The number of hydrogen-bond acceptors (Lipinski definition) is 1. The quantitative estimate of drug-likeness (QED) is 0.124. The van der Waals surface area contributed by atoms with E-state index in [1.54, 1.807) is 0 Å². The van der Waals surface area contributed by atoms with Crippen molar-refractivity contribution in [3.63, 3.8) is 0 Å². The Morgan fingerprint density at radius 3 is 1.28 bits per heavy atom. The molecule has 53 heavy (non-hydrogen) atoms. The number of fused-ring (bicyclic) bond motifs is 7. The third-order valence-electron chi connectivity index (χ3n) is 11.0. The summed E-state index contributed by atoms with van der Waals surface area (Å²) in [6.45, 7) is 2.20. The van der Waals surface area contributed by atoms with Gasteiger partial charge in [-0.3, -0.25) is 0 Å². The number of hydrogen-bond donors (Lipinski definition) is 0.